The van der Waals surface area contributed by atoms with Crippen molar-refractivity contribution in [3.8, 4) is 5.75 Å². The molecule has 0 radical (unpaired) electrons. The highest BCUT2D eigenvalue weighted by molar-refractivity contribution is 6.12. The number of fused-ring (bicyclic) bond motifs is 1. The molecule has 4 nitrogen and oxygen atoms in total. The van der Waals surface area contributed by atoms with Crippen molar-refractivity contribution in [3.63, 3.8) is 0 Å². The highest BCUT2D eigenvalue weighted by atomic mass is 19.1. The maximum absolute atomic E-state index is 14.8. The third-order valence-corrected chi connectivity index (χ3v) is 4.46. The molecule has 4 rings (SSSR count). The number of nitrogens with zero attached hydrogens (tertiary/aromatic N) is 1. The van der Waals surface area contributed by atoms with Crippen LogP contribution in [0.15, 0.2) is 72.8 Å². The smallest absolute Gasteiger partial charge is 0.262 e. The fraction of sp³-hybridized carbons (Fsp3) is 0.0952. The molecule has 1 aliphatic heterocycles. The van der Waals surface area contributed by atoms with E-state index >= 15 is 0 Å². The van der Waals surface area contributed by atoms with E-state index < -0.39 is 12.0 Å². The third kappa shape index (κ3) is 2.67. The van der Waals surface area contributed by atoms with E-state index in [4.69, 9.17) is 4.74 Å². The largest absolute Gasteiger partial charge is 0.497 e. The number of rotatable bonds is 3. The normalized spacial score (nSPS) is 16.0. The molecule has 0 aliphatic carbocycles. The second kappa shape index (κ2) is 6.52. The Morgan fingerprint density at radius 2 is 1.73 bits per heavy atom. The number of ether oxygens (including phenoxy) is 1. The number of carbonyl (C=O) groups excluding carboxylic acids is 1. The molecule has 130 valence electrons. The number of halogens is 1. The van der Waals surface area contributed by atoms with Crippen molar-refractivity contribution in [2.24, 2.45) is 0 Å². The predicted molar refractivity (Wildman–Crippen MR) is 99.0 cm³/mol. The Morgan fingerprint density at radius 3 is 2.46 bits per heavy atom. The lowest BCUT2D eigenvalue weighted by Crippen LogP contribution is -2.43. The van der Waals surface area contributed by atoms with E-state index in [1.165, 1.54) is 13.2 Å². The van der Waals surface area contributed by atoms with Crippen LogP contribution in [0.3, 0.4) is 0 Å². The molecule has 0 aromatic heterocycles. The van der Waals surface area contributed by atoms with Gasteiger partial charge in [-0.05, 0) is 36.4 Å². The monoisotopic (exact) mass is 348 g/mol. The van der Waals surface area contributed by atoms with Gasteiger partial charge in [0.05, 0.1) is 12.7 Å². The van der Waals surface area contributed by atoms with Gasteiger partial charge in [0.25, 0.3) is 5.91 Å². The number of amides is 1. The first-order valence-electron chi connectivity index (χ1n) is 8.26. The molecule has 0 bridgehead atoms. The van der Waals surface area contributed by atoms with E-state index in [-0.39, 0.29) is 5.91 Å². The molecule has 1 heterocycles. The quantitative estimate of drug-likeness (QED) is 0.752. The maximum Gasteiger partial charge on any atom is 0.262 e. The van der Waals surface area contributed by atoms with Crippen molar-refractivity contribution in [1.82, 2.24) is 0 Å². The van der Waals surface area contributed by atoms with Crippen LogP contribution >= 0.6 is 0 Å². The van der Waals surface area contributed by atoms with Crippen LogP contribution in [0.1, 0.15) is 22.1 Å². The zero-order valence-electron chi connectivity index (χ0n) is 14.1. The summed E-state index contributed by atoms with van der Waals surface area (Å²) in [5.41, 5.74) is 2.31. The summed E-state index contributed by atoms with van der Waals surface area (Å²) in [6.45, 7) is 0. The molecular weight excluding hydrogens is 331 g/mol. The van der Waals surface area contributed by atoms with Crippen LogP contribution in [0.2, 0.25) is 0 Å². The zero-order chi connectivity index (χ0) is 18.1. The number of carbonyl (C=O) groups is 1. The van der Waals surface area contributed by atoms with Crippen molar-refractivity contribution in [3.05, 3.63) is 89.7 Å². The van der Waals surface area contributed by atoms with Crippen LogP contribution in [-0.4, -0.2) is 13.0 Å². The molecule has 0 saturated heterocycles. The van der Waals surface area contributed by atoms with E-state index in [0.29, 0.717) is 28.3 Å². The van der Waals surface area contributed by atoms with Gasteiger partial charge in [0.2, 0.25) is 0 Å². The van der Waals surface area contributed by atoms with Gasteiger partial charge in [-0.3, -0.25) is 9.69 Å². The summed E-state index contributed by atoms with van der Waals surface area (Å²) >= 11 is 0. The van der Waals surface area contributed by atoms with Crippen molar-refractivity contribution < 1.29 is 13.9 Å². The molecule has 3 aromatic carbocycles. The number of hydrogen-bond donors (Lipinski definition) is 1. The van der Waals surface area contributed by atoms with E-state index in [9.17, 15) is 9.18 Å². The Kier molecular flexibility index (Phi) is 4.05. The summed E-state index contributed by atoms with van der Waals surface area (Å²) in [4.78, 5) is 14.8. The van der Waals surface area contributed by atoms with Crippen molar-refractivity contribution in [2.45, 2.75) is 6.17 Å². The molecule has 1 amide bonds. The zero-order valence-corrected chi connectivity index (χ0v) is 14.1. The highest BCUT2D eigenvalue weighted by Crippen LogP contribution is 2.37. The van der Waals surface area contributed by atoms with E-state index in [0.717, 1.165) is 0 Å². The maximum atomic E-state index is 14.8. The number of para-hydroxylation sites is 2. The summed E-state index contributed by atoms with van der Waals surface area (Å²) in [5.74, 6) is -0.180. The SMILES string of the molecule is COc1ccc(C2Nc3ccccc3C(=O)N2c2ccccc2)c(F)c1. The van der Waals surface area contributed by atoms with Gasteiger partial charge in [-0.25, -0.2) is 4.39 Å². The molecular formula is C21H17FN2O2. The van der Waals surface area contributed by atoms with Crippen LogP contribution in [0, 0.1) is 5.82 Å². The van der Waals surface area contributed by atoms with Crippen LogP contribution < -0.4 is 15.0 Å². The first-order chi connectivity index (χ1) is 12.7. The second-order valence-corrected chi connectivity index (χ2v) is 5.99. The fourth-order valence-electron chi connectivity index (χ4n) is 3.18. The second-order valence-electron chi connectivity index (χ2n) is 5.99. The molecule has 1 unspecified atom stereocenters. The van der Waals surface area contributed by atoms with Gasteiger partial charge in [-0.2, -0.15) is 0 Å². The van der Waals surface area contributed by atoms with E-state index in [1.54, 1.807) is 23.1 Å². The number of hydrogen-bond acceptors (Lipinski definition) is 3. The number of benzene rings is 3. The number of anilines is 2. The van der Waals surface area contributed by atoms with Gasteiger partial charge in [-0.15, -0.1) is 0 Å². The first-order valence-corrected chi connectivity index (χ1v) is 8.26. The first kappa shape index (κ1) is 16.1. The highest BCUT2D eigenvalue weighted by Gasteiger charge is 2.35. The Morgan fingerprint density at radius 1 is 1.00 bits per heavy atom. The van der Waals surface area contributed by atoms with Gasteiger partial charge in [-0.1, -0.05) is 30.3 Å². The van der Waals surface area contributed by atoms with Crippen molar-refractivity contribution in [2.75, 3.05) is 17.3 Å². The molecule has 1 atom stereocenters. The summed E-state index contributed by atoms with van der Waals surface area (Å²) in [5, 5.41) is 3.29. The topological polar surface area (TPSA) is 41.6 Å². The minimum absolute atomic E-state index is 0.175. The Bertz CT molecular complexity index is 959. The van der Waals surface area contributed by atoms with Crippen LogP contribution in [-0.2, 0) is 0 Å². The molecule has 0 saturated carbocycles. The van der Waals surface area contributed by atoms with Gasteiger partial charge >= 0.3 is 0 Å². The molecule has 3 aromatic rings. The van der Waals surface area contributed by atoms with Crippen LogP contribution in [0.25, 0.3) is 0 Å². The summed E-state index contributed by atoms with van der Waals surface area (Å²) in [6.07, 6.45) is -0.661. The van der Waals surface area contributed by atoms with Crippen LogP contribution in [0.5, 0.6) is 5.75 Å². The summed E-state index contributed by atoms with van der Waals surface area (Å²) < 4.78 is 19.8. The van der Waals surface area contributed by atoms with Gasteiger partial charge in [0.1, 0.15) is 17.7 Å². The van der Waals surface area contributed by atoms with E-state index in [2.05, 4.69) is 5.32 Å². The molecule has 0 spiro atoms. The van der Waals surface area contributed by atoms with Crippen LogP contribution in [0.4, 0.5) is 15.8 Å². The molecule has 5 heteroatoms. The van der Waals surface area contributed by atoms with Gasteiger partial charge in [0.15, 0.2) is 0 Å². The summed E-state index contributed by atoms with van der Waals surface area (Å²) in [6, 6.07) is 21.2. The third-order valence-electron chi connectivity index (χ3n) is 4.46. The van der Waals surface area contributed by atoms with E-state index in [1.807, 2.05) is 48.5 Å². The lowest BCUT2D eigenvalue weighted by atomic mass is 10.0. The molecule has 1 N–H and O–H groups in total. The predicted octanol–water partition coefficient (Wildman–Crippen LogP) is 4.61. The Hall–Kier alpha value is -3.34. The summed E-state index contributed by atoms with van der Waals surface area (Å²) in [7, 11) is 1.49. The number of nitrogens with one attached hydrogen (secondary N) is 1. The average molecular weight is 348 g/mol. The van der Waals surface area contributed by atoms with Gasteiger partial charge < -0.3 is 10.1 Å². The van der Waals surface area contributed by atoms with Crippen molar-refractivity contribution in [1.29, 1.82) is 0 Å². The standard InChI is InChI=1S/C21H17FN2O2/c1-26-15-11-12-16(18(22)13-15)20-23-19-10-6-5-9-17(19)21(25)24(20)14-7-3-2-4-8-14/h2-13,20,23H,1H3. The lowest BCUT2D eigenvalue weighted by molar-refractivity contribution is 0.0974. The molecule has 1 aliphatic rings. The fourth-order valence-corrected chi connectivity index (χ4v) is 3.18. The average Bonchev–Trinajstić information content (AvgIpc) is 2.68. The molecule has 0 fully saturated rings. The van der Waals surface area contributed by atoms with Gasteiger partial charge in [0, 0.05) is 23.0 Å². The Labute approximate surface area is 150 Å². The lowest BCUT2D eigenvalue weighted by Gasteiger charge is -2.38. The minimum Gasteiger partial charge on any atom is -0.497 e. The minimum atomic E-state index is -0.661. The molecule has 26 heavy (non-hydrogen) atoms. The van der Waals surface area contributed by atoms with Crippen molar-refractivity contribution >= 4 is 17.3 Å². The number of methoxy groups -OCH3 is 1. The Balaban J connectivity index is 1.87.